The van der Waals surface area contributed by atoms with Crippen LogP contribution in [0.25, 0.3) is 10.8 Å². The lowest BCUT2D eigenvalue weighted by atomic mass is 10.1. The lowest BCUT2D eigenvalue weighted by Gasteiger charge is -2.07. The van der Waals surface area contributed by atoms with Gasteiger partial charge in [-0.25, -0.2) is 0 Å². The van der Waals surface area contributed by atoms with Crippen LogP contribution in [0.4, 0.5) is 0 Å². The van der Waals surface area contributed by atoms with Gasteiger partial charge in [0.05, 0.1) is 6.20 Å². The molecule has 0 amide bonds. The number of aromatic nitrogens is 3. The number of halogens is 1. The third-order valence-corrected chi connectivity index (χ3v) is 2.77. The van der Waals surface area contributed by atoms with E-state index < -0.39 is 0 Å². The van der Waals surface area contributed by atoms with Crippen LogP contribution in [-0.2, 0) is 0 Å². The van der Waals surface area contributed by atoms with E-state index in [4.69, 9.17) is 16.3 Å². The molecule has 1 N–H and O–H groups in total. The topological polar surface area (TPSA) is 50.8 Å². The summed E-state index contributed by atoms with van der Waals surface area (Å²) in [7, 11) is 0. The second-order valence-corrected chi connectivity index (χ2v) is 3.91. The van der Waals surface area contributed by atoms with Gasteiger partial charge in [-0.3, -0.25) is 5.10 Å². The molecule has 1 heterocycles. The molecule has 3 rings (SSSR count). The number of hydrogen-bond donors (Lipinski definition) is 1. The Labute approximate surface area is 102 Å². The molecule has 0 spiro atoms. The zero-order valence-electron chi connectivity index (χ0n) is 8.72. The number of aromatic amines is 1. The maximum Gasteiger partial charge on any atom is 0.258 e. The van der Waals surface area contributed by atoms with Crippen LogP contribution >= 0.6 is 11.6 Å². The van der Waals surface area contributed by atoms with Gasteiger partial charge in [0.2, 0.25) is 0 Å². The average Bonchev–Trinajstić information content (AvgIpc) is 2.86. The van der Waals surface area contributed by atoms with E-state index in [2.05, 4.69) is 15.4 Å². The fourth-order valence-corrected chi connectivity index (χ4v) is 1.91. The van der Waals surface area contributed by atoms with Gasteiger partial charge in [0.1, 0.15) is 5.75 Å². The van der Waals surface area contributed by atoms with Crippen molar-refractivity contribution in [3.63, 3.8) is 0 Å². The van der Waals surface area contributed by atoms with Crippen molar-refractivity contribution in [1.29, 1.82) is 0 Å². The molecule has 3 aromatic rings. The molecule has 0 aliphatic heterocycles. The quantitative estimate of drug-likeness (QED) is 0.753. The smallest absolute Gasteiger partial charge is 0.258 e. The van der Waals surface area contributed by atoms with Crippen LogP contribution < -0.4 is 4.74 Å². The molecule has 0 fully saturated rings. The zero-order chi connectivity index (χ0) is 11.7. The van der Waals surface area contributed by atoms with Crippen LogP contribution in [0, 0.1) is 0 Å². The van der Waals surface area contributed by atoms with Crippen LogP contribution in [0.2, 0.25) is 5.02 Å². The third kappa shape index (κ3) is 1.83. The SMILES string of the molecule is Clc1ccc(Oc2c[nH]nn2)c2ccccc12. The molecule has 1 aromatic heterocycles. The molecule has 0 atom stereocenters. The first-order valence-electron chi connectivity index (χ1n) is 5.06. The number of benzene rings is 2. The Morgan fingerprint density at radius 2 is 1.88 bits per heavy atom. The third-order valence-electron chi connectivity index (χ3n) is 2.44. The summed E-state index contributed by atoms with van der Waals surface area (Å²) in [4.78, 5) is 0. The minimum Gasteiger partial charge on any atom is -0.436 e. The number of hydrogen-bond acceptors (Lipinski definition) is 3. The van der Waals surface area contributed by atoms with Gasteiger partial charge >= 0.3 is 0 Å². The highest BCUT2D eigenvalue weighted by atomic mass is 35.5. The Morgan fingerprint density at radius 1 is 1.06 bits per heavy atom. The minimum absolute atomic E-state index is 0.428. The Hall–Kier alpha value is -2.07. The number of nitrogens with zero attached hydrogens (tertiary/aromatic N) is 2. The van der Waals surface area contributed by atoms with Gasteiger partial charge in [-0.1, -0.05) is 46.2 Å². The summed E-state index contributed by atoms with van der Waals surface area (Å²) in [5.74, 6) is 1.14. The lowest BCUT2D eigenvalue weighted by Crippen LogP contribution is -1.86. The molecular formula is C12H8ClN3O. The molecule has 0 bridgehead atoms. The maximum absolute atomic E-state index is 6.12. The van der Waals surface area contributed by atoms with Gasteiger partial charge in [0.25, 0.3) is 5.88 Å². The highest BCUT2D eigenvalue weighted by Gasteiger charge is 2.07. The first-order valence-corrected chi connectivity index (χ1v) is 5.44. The van der Waals surface area contributed by atoms with Crippen LogP contribution in [0.3, 0.4) is 0 Å². The highest BCUT2D eigenvalue weighted by Crippen LogP contribution is 2.33. The molecule has 0 unspecified atom stereocenters. The summed E-state index contributed by atoms with van der Waals surface area (Å²) >= 11 is 6.12. The van der Waals surface area contributed by atoms with Crippen LogP contribution in [-0.4, -0.2) is 15.4 Å². The van der Waals surface area contributed by atoms with Gasteiger partial charge in [-0.05, 0) is 12.1 Å². The van der Waals surface area contributed by atoms with Gasteiger partial charge in [0, 0.05) is 15.8 Å². The van der Waals surface area contributed by atoms with Crippen molar-refractivity contribution in [3.05, 3.63) is 47.6 Å². The fourth-order valence-electron chi connectivity index (χ4n) is 1.68. The summed E-state index contributed by atoms with van der Waals surface area (Å²) in [5, 5.41) is 12.6. The lowest BCUT2D eigenvalue weighted by molar-refractivity contribution is 0.467. The summed E-state index contributed by atoms with van der Waals surface area (Å²) in [6.45, 7) is 0. The van der Waals surface area contributed by atoms with E-state index in [1.807, 2.05) is 30.3 Å². The molecular weight excluding hydrogens is 238 g/mol. The zero-order valence-corrected chi connectivity index (χ0v) is 9.48. The molecule has 0 saturated carbocycles. The first-order chi connectivity index (χ1) is 8.34. The Kier molecular flexibility index (Phi) is 2.42. The van der Waals surface area contributed by atoms with Crippen LogP contribution in [0.5, 0.6) is 11.6 Å². The summed E-state index contributed by atoms with van der Waals surface area (Å²) in [6, 6.07) is 11.4. The summed E-state index contributed by atoms with van der Waals surface area (Å²) in [5.41, 5.74) is 0. The number of nitrogens with one attached hydrogen (secondary N) is 1. The standard InChI is InChI=1S/C12H8ClN3O/c13-10-5-6-11(17-12-7-14-16-15-12)9-4-2-1-3-8(9)10/h1-7H,(H,14,15,16). The molecule has 2 aromatic carbocycles. The van der Waals surface area contributed by atoms with E-state index in [0.717, 1.165) is 10.8 Å². The Balaban J connectivity index is 2.14. The summed E-state index contributed by atoms with van der Waals surface area (Å²) < 4.78 is 5.62. The molecule has 5 heteroatoms. The number of H-pyrrole nitrogens is 1. The van der Waals surface area contributed by atoms with Gasteiger partial charge < -0.3 is 4.74 Å². The van der Waals surface area contributed by atoms with Gasteiger partial charge in [0.15, 0.2) is 0 Å². The number of ether oxygens (including phenoxy) is 1. The first kappa shape index (κ1) is 10.1. The fraction of sp³-hybridized carbons (Fsp3) is 0. The van der Waals surface area contributed by atoms with Crippen molar-refractivity contribution in [2.24, 2.45) is 0 Å². The van der Waals surface area contributed by atoms with Gasteiger partial charge in [-0.15, -0.1) is 0 Å². The second kappa shape index (κ2) is 4.07. The molecule has 84 valence electrons. The Morgan fingerprint density at radius 3 is 2.65 bits per heavy atom. The Bertz CT molecular complexity index is 652. The number of rotatable bonds is 2. The normalized spacial score (nSPS) is 10.6. The molecule has 0 aliphatic carbocycles. The van der Waals surface area contributed by atoms with Crippen molar-refractivity contribution in [2.75, 3.05) is 0 Å². The minimum atomic E-state index is 0.428. The van der Waals surface area contributed by atoms with E-state index in [9.17, 15) is 0 Å². The van der Waals surface area contributed by atoms with Crippen molar-refractivity contribution in [2.45, 2.75) is 0 Å². The highest BCUT2D eigenvalue weighted by molar-refractivity contribution is 6.35. The van der Waals surface area contributed by atoms with Crippen LogP contribution in [0.15, 0.2) is 42.6 Å². The van der Waals surface area contributed by atoms with E-state index in [0.29, 0.717) is 16.7 Å². The van der Waals surface area contributed by atoms with Crippen LogP contribution in [0.1, 0.15) is 0 Å². The van der Waals surface area contributed by atoms with E-state index in [-0.39, 0.29) is 0 Å². The van der Waals surface area contributed by atoms with Crippen molar-refractivity contribution >= 4 is 22.4 Å². The summed E-state index contributed by atoms with van der Waals surface area (Å²) in [6.07, 6.45) is 1.59. The maximum atomic E-state index is 6.12. The predicted molar refractivity (Wildman–Crippen MR) is 65.4 cm³/mol. The average molecular weight is 246 g/mol. The van der Waals surface area contributed by atoms with Crippen molar-refractivity contribution in [1.82, 2.24) is 15.4 Å². The predicted octanol–water partition coefficient (Wildman–Crippen LogP) is 3.40. The largest absolute Gasteiger partial charge is 0.436 e. The van der Waals surface area contributed by atoms with E-state index >= 15 is 0 Å². The van der Waals surface area contributed by atoms with E-state index in [1.165, 1.54) is 0 Å². The molecule has 4 nitrogen and oxygen atoms in total. The van der Waals surface area contributed by atoms with Crippen molar-refractivity contribution < 1.29 is 4.74 Å². The second-order valence-electron chi connectivity index (χ2n) is 3.50. The number of fused-ring (bicyclic) bond motifs is 1. The van der Waals surface area contributed by atoms with Crippen molar-refractivity contribution in [3.8, 4) is 11.6 Å². The molecule has 0 saturated heterocycles. The monoisotopic (exact) mass is 245 g/mol. The van der Waals surface area contributed by atoms with E-state index in [1.54, 1.807) is 12.3 Å². The molecule has 17 heavy (non-hydrogen) atoms. The molecule has 0 radical (unpaired) electrons. The van der Waals surface area contributed by atoms with Gasteiger partial charge in [-0.2, -0.15) is 0 Å². The molecule has 0 aliphatic rings.